The van der Waals surface area contributed by atoms with Gasteiger partial charge in [0.05, 0.1) is 24.2 Å². The van der Waals surface area contributed by atoms with Crippen molar-refractivity contribution >= 4 is 39.8 Å². The number of pyridine rings is 6. The van der Waals surface area contributed by atoms with Gasteiger partial charge in [-0.25, -0.2) is 0 Å². The van der Waals surface area contributed by atoms with E-state index in [1.54, 1.807) is 61.3 Å². The van der Waals surface area contributed by atoms with Gasteiger partial charge in [0, 0.05) is 124 Å². The molecule has 0 atom stereocenters. The zero-order chi connectivity index (χ0) is 83.5. The van der Waals surface area contributed by atoms with Gasteiger partial charge in [0.2, 0.25) is 0 Å². The molecule has 3 radical (unpaired) electrons. The predicted molar refractivity (Wildman–Crippen MR) is 451 cm³/mol. The molecule has 0 N–H and O–H groups in total. The summed E-state index contributed by atoms with van der Waals surface area (Å²) in [5.41, 5.74) is 17.7. The fourth-order valence-electron chi connectivity index (χ4n) is 10.8. The van der Waals surface area contributed by atoms with Crippen LogP contribution in [0, 0.1) is 57.1 Å². The molecular formula is C96H90Ir3N6Si3-6. The maximum atomic E-state index is 8.08. The summed E-state index contributed by atoms with van der Waals surface area (Å²) in [4.78, 5) is 26.1. The number of hydrogen-bond acceptors (Lipinski definition) is 6. The van der Waals surface area contributed by atoms with Gasteiger partial charge < -0.3 is 29.9 Å². The minimum absolute atomic E-state index is 0. The third-order valence-corrected chi connectivity index (χ3v) is 23.0. The molecule has 0 amide bonds. The number of benzene rings is 9. The molecule has 0 aliphatic carbocycles. The van der Waals surface area contributed by atoms with Gasteiger partial charge in [-0.15, -0.1) is 215 Å². The molecule has 0 aliphatic heterocycles. The van der Waals surface area contributed by atoms with E-state index in [9.17, 15) is 0 Å². The zero-order valence-corrected chi connectivity index (χ0v) is 72.4. The molecule has 15 rings (SSSR count). The summed E-state index contributed by atoms with van der Waals surface area (Å²) in [6.07, 6.45) is 10.6. The van der Waals surface area contributed by atoms with E-state index in [1.165, 1.54) is 32.3 Å². The van der Waals surface area contributed by atoms with E-state index in [0.717, 1.165) is 61.6 Å². The minimum Gasteiger partial charge on any atom is -0.305 e. The first-order chi connectivity index (χ1) is 55.2. The van der Waals surface area contributed by atoms with Crippen molar-refractivity contribution in [2.45, 2.75) is 79.6 Å². The summed E-state index contributed by atoms with van der Waals surface area (Å²) in [7, 11) is -3.97. The molecule has 9 aromatic carbocycles. The number of nitrogens with zero attached hydrogens (tertiary/aromatic N) is 6. The molecule has 108 heavy (non-hydrogen) atoms. The second-order valence-electron chi connectivity index (χ2n) is 27.6. The Balaban J connectivity index is 0.000000201. The van der Waals surface area contributed by atoms with E-state index in [0.29, 0.717) is 39.3 Å². The molecule has 6 heterocycles. The molecule has 0 saturated carbocycles. The van der Waals surface area contributed by atoms with Crippen LogP contribution in [-0.4, -0.2) is 54.1 Å². The van der Waals surface area contributed by atoms with Gasteiger partial charge in [0.1, 0.15) is 0 Å². The fraction of sp³-hybridized carbons (Fsp3) is 0.125. The maximum Gasteiger partial charge on any atom is 0.0775 e. The molecule has 549 valence electrons. The van der Waals surface area contributed by atoms with Crippen LogP contribution in [0.25, 0.3) is 101 Å². The van der Waals surface area contributed by atoms with Gasteiger partial charge in [0.25, 0.3) is 0 Å². The largest absolute Gasteiger partial charge is 0.305 e. The predicted octanol–water partition coefficient (Wildman–Crippen LogP) is 22.8. The Kier molecular flexibility index (Phi) is 27.5. The Labute approximate surface area is 701 Å². The third-order valence-electron chi connectivity index (χ3n) is 16.8. The van der Waals surface area contributed by atoms with Gasteiger partial charge >= 0.3 is 0 Å². The van der Waals surface area contributed by atoms with Crippen molar-refractivity contribution in [2.24, 2.45) is 0 Å². The van der Waals surface area contributed by atoms with Crippen molar-refractivity contribution in [3.05, 3.63) is 381 Å². The van der Waals surface area contributed by atoms with E-state index >= 15 is 0 Å². The number of hydrogen-bond donors (Lipinski definition) is 0. The SMILES string of the molecule is Cc1cc(-c2[c-]cccc2)ncc1-c1ccc([Si](C)(C)C)cc1.[2H]C([2H])([2H])c1cc(-c2[c-]cccc2)ncc1-c1ccc([Si](C)(C)C)cc1.[2H]c1[c-]c(-c2cc(C)c(-c3ccc([Si](C)(C)C)cc3)cn2)c([2H])c([2H])c1[2H].[2H]c1[c-]c(-c2ccccn2)c([2H])c([2H])c1[2H].[Ir].[Ir].[Ir].[c-]1ccccc1-c1ccccn1.[c-]1ccccc1-c1ccccn1. The number of aryl methyl sites for hydroxylation is 3. The summed E-state index contributed by atoms with van der Waals surface area (Å²) in [5.74, 6) is 0. The van der Waals surface area contributed by atoms with Crippen LogP contribution in [0.3, 0.4) is 0 Å². The van der Waals surface area contributed by atoms with Crippen LogP contribution in [0.2, 0.25) is 58.9 Å². The van der Waals surface area contributed by atoms with Crippen LogP contribution in [0.1, 0.15) is 31.8 Å². The van der Waals surface area contributed by atoms with Crippen molar-refractivity contribution in [1.82, 2.24) is 29.9 Å². The van der Waals surface area contributed by atoms with Crippen LogP contribution >= 0.6 is 0 Å². The number of rotatable bonds is 12. The monoisotopic (exact) mass is 2000 g/mol. The molecule has 15 aromatic rings. The van der Waals surface area contributed by atoms with Crippen molar-refractivity contribution in [3.63, 3.8) is 0 Å². The van der Waals surface area contributed by atoms with Gasteiger partial charge in [-0.05, 0) is 112 Å². The molecule has 0 spiro atoms. The van der Waals surface area contributed by atoms with Crippen LogP contribution < -0.4 is 15.6 Å². The number of aromatic nitrogens is 6. The average molecular weight is 2000 g/mol. The van der Waals surface area contributed by atoms with Crippen LogP contribution in [0.5, 0.6) is 0 Å². The van der Waals surface area contributed by atoms with Gasteiger partial charge in [-0.1, -0.05) is 202 Å². The molecule has 0 fully saturated rings. The first-order valence-corrected chi connectivity index (χ1v) is 45.1. The van der Waals surface area contributed by atoms with Crippen molar-refractivity contribution in [2.75, 3.05) is 0 Å². The quantitative estimate of drug-likeness (QED) is 0.0896. The van der Waals surface area contributed by atoms with Crippen LogP contribution in [-0.2, 0) is 60.3 Å². The maximum absolute atomic E-state index is 8.08. The molecule has 0 aliphatic rings. The summed E-state index contributed by atoms with van der Waals surface area (Å²) < 4.78 is 85.4. The average Bonchev–Trinajstić information content (AvgIpc) is 0.791. The standard InChI is InChI=1S/3C21H22NSi.3C11H8N.3Ir/c3*1-16-14-21(18-8-6-5-7-9-18)22-15-20(16)17-10-12-19(13-11-17)23(2,3)4;3*1-2-6-10(7-3-1)11-8-4-5-9-12-11;;;/h3*5-8,10-15H,1-4H3;3*1-6,8-9H;;;/q6*-1;;;/i5D,6D,7D,8D;1D3;;1D,2D,3D,6D;;;;;. The Bertz CT molecular complexity index is 5580. The van der Waals surface area contributed by atoms with Gasteiger partial charge in [-0.2, -0.15) is 0 Å². The molecular weight excluding hydrogens is 1900 g/mol. The summed E-state index contributed by atoms with van der Waals surface area (Å²) in [6, 6.07) is 95.8. The van der Waals surface area contributed by atoms with E-state index in [1.807, 2.05) is 159 Å². The molecule has 0 saturated heterocycles. The Morgan fingerprint density at radius 3 is 0.843 bits per heavy atom. The smallest absolute Gasteiger partial charge is 0.0775 e. The van der Waals surface area contributed by atoms with Crippen molar-refractivity contribution < 1.29 is 75.4 Å². The van der Waals surface area contributed by atoms with E-state index in [2.05, 4.69) is 199 Å². The molecule has 0 unspecified atom stereocenters. The van der Waals surface area contributed by atoms with E-state index in [4.69, 9.17) is 15.1 Å². The molecule has 0 bridgehead atoms. The topological polar surface area (TPSA) is 77.3 Å². The van der Waals surface area contributed by atoms with Crippen molar-refractivity contribution in [1.29, 1.82) is 0 Å². The first-order valence-electron chi connectivity index (χ1n) is 40.1. The Hall–Kier alpha value is -9.52. The minimum atomic E-state index is -2.21. The fourth-order valence-corrected chi connectivity index (χ4v) is 14.3. The van der Waals surface area contributed by atoms with Gasteiger partial charge in [0.15, 0.2) is 0 Å². The summed E-state index contributed by atoms with van der Waals surface area (Å²) in [5, 5.41) is 4.24. The Morgan fingerprint density at radius 2 is 0.565 bits per heavy atom. The first kappa shape index (κ1) is 70.2. The van der Waals surface area contributed by atoms with E-state index < -0.39 is 31.1 Å². The second kappa shape index (κ2) is 42.3. The summed E-state index contributed by atoms with van der Waals surface area (Å²) >= 11 is 0. The van der Waals surface area contributed by atoms with Crippen LogP contribution in [0.15, 0.2) is 328 Å². The van der Waals surface area contributed by atoms with Crippen LogP contribution in [0.4, 0.5) is 0 Å². The van der Waals surface area contributed by atoms with Crippen molar-refractivity contribution in [3.8, 4) is 101 Å². The van der Waals surface area contributed by atoms with E-state index in [-0.39, 0.29) is 109 Å². The summed E-state index contributed by atoms with van der Waals surface area (Å²) in [6.45, 7) is 22.9. The normalized spacial score (nSPS) is 12.1. The second-order valence-corrected chi connectivity index (χ2v) is 42.8. The molecule has 6 aromatic heterocycles. The molecule has 12 heteroatoms. The van der Waals surface area contributed by atoms with Gasteiger partial charge in [-0.3, -0.25) is 0 Å². The molecule has 6 nitrogen and oxygen atoms in total. The zero-order valence-electron chi connectivity index (χ0n) is 73.2. The third kappa shape index (κ3) is 25.6. The Morgan fingerprint density at radius 1 is 0.287 bits per heavy atom.